The minimum absolute atomic E-state index is 0.0636. The molecule has 2 aromatic rings. The molecule has 0 spiro atoms. The standard InChI is InChI=1S/C9H6N2O2S/c12-9(13)7-8(14-5-11-7)6-3-1-2-4-10-6/h1-5H,(H,12,13). The van der Waals surface area contributed by atoms with Crippen molar-refractivity contribution in [1.29, 1.82) is 0 Å². The third-order valence-corrected chi connectivity index (χ3v) is 2.52. The highest BCUT2D eigenvalue weighted by molar-refractivity contribution is 7.13. The van der Waals surface area contributed by atoms with Crippen molar-refractivity contribution in [3.63, 3.8) is 0 Å². The molecule has 0 radical (unpaired) electrons. The van der Waals surface area contributed by atoms with Crippen LogP contribution in [0.15, 0.2) is 29.9 Å². The second kappa shape index (κ2) is 3.55. The van der Waals surface area contributed by atoms with E-state index in [0.717, 1.165) is 0 Å². The van der Waals surface area contributed by atoms with E-state index in [1.54, 1.807) is 18.3 Å². The van der Waals surface area contributed by atoms with E-state index in [-0.39, 0.29) is 5.69 Å². The van der Waals surface area contributed by atoms with Gasteiger partial charge in [0, 0.05) is 6.20 Å². The van der Waals surface area contributed by atoms with Crippen molar-refractivity contribution < 1.29 is 9.90 Å². The Morgan fingerprint density at radius 1 is 1.36 bits per heavy atom. The summed E-state index contributed by atoms with van der Waals surface area (Å²) in [5.41, 5.74) is 2.22. The molecule has 0 aliphatic carbocycles. The lowest BCUT2D eigenvalue weighted by Gasteiger charge is -1.96. The van der Waals surface area contributed by atoms with Crippen LogP contribution in [0.4, 0.5) is 0 Å². The van der Waals surface area contributed by atoms with Gasteiger partial charge in [-0.15, -0.1) is 11.3 Å². The molecule has 2 rings (SSSR count). The molecule has 0 bridgehead atoms. The van der Waals surface area contributed by atoms with Crippen LogP contribution in [-0.4, -0.2) is 21.0 Å². The van der Waals surface area contributed by atoms with Crippen molar-refractivity contribution >= 4 is 17.3 Å². The van der Waals surface area contributed by atoms with Gasteiger partial charge >= 0.3 is 5.97 Å². The van der Waals surface area contributed by atoms with Crippen molar-refractivity contribution in [3.05, 3.63) is 35.6 Å². The summed E-state index contributed by atoms with van der Waals surface area (Å²) < 4.78 is 0. The van der Waals surface area contributed by atoms with E-state index in [2.05, 4.69) is 9.97 Å². The van der Waals surface area contributed by atoms with Crippen LogP contribution >= 0.6 is 11.3 Å². The van der Waals surface area contributed by atoms with Gasteiger partial charge in [-0.3, -0.25) is 4.98 Å². The van der Waals surface area contributed by atoms with Gasteiger partial charge in [0.2, 0.25) is 0 Å². The predicted molar refractivity (Wildman–Crippen MR) is 52.3 cm³/mol. The highest BCUT2D eigenvalue weighted by Gasteiger charge is 2.15. The van der Waals surface area contributed by atoms with Gasteiger partial charge in [0.15, 0.2) is 5.69 Å². The van der Waals surface area contributed by atoms with E-state index < -0.39 is 5.97 Å². The van der Waals surface area contributed by atoms with Gasteiger partial charge in [-0.05, 0) is 12.1 Å². The highest BCUT2D eigenvalue weighted by atomic mass is 32.1. The van der Waals surface area contributed by atoms with Crippen LogP contribution in [0.5, 0.6) is 0 Å². The number of hydrogen-bond donors (Lipinski definition) is 1. The van der Waals surface area contributed by atoms with Crippen LogP contribution in [-0.2, 0) is 0 Å². The Morgan fingerprint density at radius 2 is 2.21 bits per heavy atom. The van der Waals surface area contributed by atoms with Crippen molar-refractivity contribution in [2.24, 2.45) is 0 Å². The fourth-order valence-corrected chi connectivity index (χ4v) is 1.83. The van der Waals surface area contributed by atoms with E-state index in [1.165, 1.54) is 16.8 Å². The highest BCUT2D eigenvalue weighted by Crippen LogP contribution is 2.25. The van der Waals surface area contributed by atoms with Crippen LogP contribution in [0.1, 0.15) is 10.5 Å². The lowest BCUT2D eigenvalue weighted by Crippen LogP contribution is -1.98. The third-order valence-electron chi connectivity index (χ3n) is 1.67. The number of thiazole rings is 1. The molecule has 0 fully saturated rings. The maximum absolute atomic E-state index is 10.8. The Kier molecular flexibility index (Phi) is 2.24. The van der Waals surface area contributed by atoms with E-state index in [4.69, 9.17) is 5.11 Å². The van der Waals surface area contributed by atoms with Gasteiger partial charge in [0.1, 0.15) is 0 Å². The first-order valence-corrected chi connectivity index (χ1v) is 4.75. The first-order valence-electron chi connectivity index (χ1n) is 3.87. The van der Waals surface area contributed by atoms with E-state index in [0.29, 0.717) is 10.6 Å². The summed E-state index contributed by atoms with van der Waals surface area (Å²) in [6, 6.07) is 5.36. The Balaban J connectivity index is 2.52. The molecule has 1 N–H and O–H groups in total. The molecule has 0 aromatic carbocycles. The van der Waals surface area contributed by atoms with Crippen LogP contribution in [0.2, 0.25) is 0 Å². The van der Waals surface area contributed by atoms with Gasteiger partial charge in [-0.25, -0.2) is 9.78 Å². The van der Waals surface area contributed by atoms with Crippen LogP contribution in [0, 0.1) is 0 Å². The number of carboxylic acid groups (broad SMARTS) is 1. The van der Waals surface area contributed by atoms with Crippen LogP contribution < -0.4 is 0 Å². The van der Waals surface area contributed by atoms with Crippen LogP contribution in [0.25, 0.3) is 10.6 Å². The van der Waals surface area contributed by atoms with Gasteiger partial charge in [0.25, 0.3) is 0 Å². The Morgan fingerprint density at radius 3 is 2.86 bits per heavy atom. The summed E-state index contributed by atoms with van der Waals surface area (Å²) >= 11 is 1.28. The summed E-state index contributed by atoms with van der Waals surface area (Å²) in [6.07, 6.45) is 1.63. The zero-order valence-corrected chi connectivity index (χ0v) is 7.86. The molecule has 4 nitrogen and oxygen atoms in total. The molecular weight excluding hydrogens is 200 g/mol. The molecule has 0 unspecified atom stereocenters. The second-order valence-corrected chi connectivity index (χ2v) is 3.40. The largest absolute Gasteiger partial charge is 0.476 e. The molecule has 2 aromatic heterocycles. The Labute approximate surface area is 83.9 Å². The first-order chi connectivity index (χ1) is 6.79. The van der Waals surface area contributed by atoms with E-state index >= 15 is 0 Å². The quantitative estimate of drug-likeness (QED) is 0.815. The molecule has 5 heteroatoms. The number of aromatic carboxylic acids is 1. The summed E-state index contributed by atoms with van der Waals surface area (Å²) in [4.78, 5) is 19.2. The number of carbonyl (C=O) groups is 1. The molecule has 14 heavy (non-hydrogen) atoms. The lowest BCUT2D eigenvalue weighted by molar-refractivity contribution is 0.0692. The number of pyridine rings is 1. The topological polar surface area (TPSA) is 63.1 Å². The fraction of sp³-hybridized carbons (Fsp3) is 0. The Bertz CT molecular complexity index is 453. The summed E-state index contributed by atoms with van der Waals surface area (Å²) in [7, 11) is 0. The summed E-state index contributed by atoms with van der Waals surface area (Å²) in [6.45, 7) is 0. The predicted octanol–water partition coefficient (Wildman–Crippen LogP) is 1.90. The molecule has 2 heterocycles. The van der Waals surface area contributed by atoms with Crippen molar-refractivity contribution in [2.45, 2.75) is 0 Å². The first kappa shape index (κ1) is 8.83. The van der Waals surface area contributed by atoms with Gasteiger partial charge in [-0.1, -0.05) is 6.07 Å². The molecule has 70 valence electrons. The van der Waals surface area contributed by atoms with Crippen molar-refractivity contribution in [3.8, 4) is 10.6 Å². The molecule has 0 atom stereocenters. The zero-order chi connectivity index (χ0) is 9.97. The molecule has 0 amide bonds. The average molecular weight is 206 g/mol. The van der Waals surface area contributed by atoms with E-state index in [9.17, 15) is 4.79 Å². The Hall–Kier alpha value is -1.75. The molecular formula is C9H6N2O2S. The summed E-state index contributed by atoms with van der Waals surface area (Å²) in [5.74, 6) is -1.02. The molecule has 0 saturated heterocycles. The number of carboxylic acids is 1. The summed E-state index contributed by atoms with van der Waals surface area (Å²) in [5, 5.41) is 8.83. The van der Waals surface area contributed by atoms with Gasteiger partial charge < -0.3 is 5.11 Å². The van der Waals surface area contributed by atoms with Gasteiger partial charge in [-0.2, -0.15) is 0 Å². The minimum atomic E-state index is -1.02. The van der Waals surface area contributed by atoms with Crippen molar-refractivity contribution in [2.75, 3.05) is 0 Å². The average Bonchev–Trinajstić information content (AvgIpc) is 2.67. The number of hydrogen-bond acceptors (Lipinski definition) is 4. The monoisotopic (exact) mass is 206 g/mol. The van der Waals surface area contributed by atoms with E-state index in [1.807, 2.05) is 6.07 Å². The number of nitrogens with zero attached hydrogens (tertiary/aromatic N) is 2. The number of rotatable bonds is 2. The molecule has 0 aliphatic rings. The maximum atomic E-state index is 10.8. The number of aromatic nitrogens is 2. The maximum Gasteiger partial charge on any atom is 0.356 e. The van der Waals surface area contributed by atoms with Crippen LogP contribution in [0.3, 0.4) is 0 Å². The second-order valence-electron chi connectivity index (χ2n) is 2.55. The van der Waals surface area contributed by atoms with Crippen molar-refractivity contribution in [1.82, 2.24) is 9.97 Å². The lowest BCUT2D eigenvalue weighted by atomic mass is 10.2. The minimum Gasteiger partial charge on any atom is -0.476 e. The zero-order valence-electron chi connectivity index (χ0n) is 7.04. The SMILES string of the molecule is O=C(O)c1ncsc1-c1ccccn1. The molecule has 0 saturated carbocycles. The van der Waals surface area contributed by atoms with Gasteiger partial charge in [0.05, 0.1) is 16.1 Å². The fourth-order valence-electron chi connectivity index (χ4n) is 1.08. The molecule has 0 aliphatic heterocycles. The smallest absolute Gasteiger partial charge is 0.356 e. The normalized spacial score (nSPS) is 10.0. The third kappa shape index (κ3) is 1.49.